The molecular formula is C28H26N4O4. The number of aromatic nitrogens is 2. The molecule has 0 aliphatic carbocycles. The predicted octanol–water partition coefficient (Wildman–Crippen LogP) is 4.09. The number of carbonyl (C=O) groups excluding carboxylic acids is 2. The summed E-state index contributed by atoms with van der Waals surface area (Å²) in [5.74, 6) is -0.0580. The third kappa shape index (κ3) is 5.98. The first-order chi connectivity index (χ1) is 17.6. The van der Waals surface area contributed by atoms with E-state index < -0.39 is 11.8 Å². The summed E-state index contributed by atoms with van der Waals surface area (Å²) in [6.07, 6.45) is 4.92. The predicted molar refractivity (Wildman–Crippen MR) is 137 cm³/mol. The first kappa shape index (κ1) is 24.3. The van der Waals surface area contributed by atoms with Gasteiger partial charge < -0.3 is 9.47 Å². The number of amides is 2. The van der Waals surface area contributed by atoms with E-state index in [1.54, 1.807) is 18.2 Å². The Kier molecular flexibility index (Phi) is 7.77. The van der Waals surface area contributed by atoms with Crippen molar-refractivity contribution in [3.05, 3.63) is 108 Å². The van der Waals surface area contributed by atoms with Gasteiger partial charge in [0.2, 0.25) is 0 Å². The molecule has 4 aromatic rings. The van der Waals surface area contributed by atoms with E-state index in [9.17, 15) is 9.59 Å². The summed E-state index contributed by atoms with van der Waals surface area (Å²) < 4.78 is 12.2. The highest BCUT2D eigenvalue weighted by molar-refractivity contribution is 5.98. The number of benzene rings is 3. The van der Waals surface area contributed by atoms with E-state index in [2.05, 4.69) is 10.9 Å². The van der Waals surface area contributed by atoms with Crippen LogP contribution in [-0.4, -0.2) is 35.8 Å². The van der Waals surface area contributed by atoms with E-state index in [1.807, 2.05) is 71.5 Å². The molecule has 0 saturated carbocycles. The molecule has 8 heteroatoms. The van der Waals surface area contributed by atoms with E-state index in [0.29, 0.717) is 23.6 Å². The number of carbonyl (C=O) groups is 2. The van der Waals surface area contributed by atoms with Crippen molar-refractivity contribution in [2.24, 2.45) is 0 Å². The van der Waals surface area contributed by atoms with Crippen molar-refractivity contribution in [3.8, 4) is 22.8 Å². The fourth-order valence-electron chi connectivity index (χ4n) is 3.61. The highest BCUT2D eigenvalue weighted by atomic mass is 16.5. The molecule has 0 atom stereocenters. The van der Waals surface area contributed by atoms with Gasteiger partial charge in [0, 0.05) is 29.0 Å². The number of nitrogens with zero attached hydrogens (tertiary/aromatic N) is 2. The average Bonchev–Trinajstić information content (AvgIpc) is 3.33. The summed E-state index contributed by atoms with van der Waals surface area (Å²) in [6.45, 7) is 0.599. The molecule has 2 N–H and O–H groups in total. The molecule has 0 radical (unpaired) electrons. The van der Waals surface area contributed by atoms with Crippen LogP contribution in [0.15, 0.2) is 91.1 Å². The lowest BCUT2D eigenvalue weighted by molar-refractivity contribution is -0.117. The zero-order chi connectivity index (χ0) is 25.3. The molecule has 182 valence electrons. The zero-order valence-corrected chi connectivity index (χ0v) is 20.0. The van der Waals surface area contributed by atoms with Crippen molar-refractivity contribution in [3.63, 3.8) is 0 Å². The van der Waals surface area contributed by atoms with Crippen LogP contribution in [0.3, 0.4) is 0 Å². The number of hydrazine groups is 1. The van der Waals surface area contributed by atoms with Gasteiger partial charge in [0.15, 0.2) is 11.5 Å². The van der Waals surface area contributed by atoms with Crippen molar-refractivity contribution in [1.29, 1.82) is 0 Å². The molecule has 0 aliphatic rings. The molecule has 0 spiro atoms. The van der Waals surface area contributed by atoms with Gasteiger partial charge in [-0.1, -0.05) is 60.7 Å². The molecule has 1 aromatic heterocycles. The Hall–Kier alpha value is -4.85. The van der Waals surface area contributed by atoms with Gasteiger partial charge in [-0.05, 0) is 29.8 Å². The maximum atomic E-state index is 12.4. The third-order valence-electron chi connectivity index (χ3n) is 5.38. The lowest BCUT2D eigenvalue weighted by atomic mass is 10.1. The molecule has 1 heterocycles. The van der Waals surface area contributed by atoms with Crippen molar-refractivity contribution in [2.75, 3.05) is 14.2 Å². The van der Waals surface area contributed by atoms with Gasteiger partial charge in [-0.15, -0.1) is 0 Å². The van der Waals surface area contributed by atoms with Gasteiger partial charge in [-0.3, -0.25) is 25.1 Å². The van der Waals surface area contributed by atoms with E-state index >= 15 is 0 Å². The number of ether oxygens (including phenoxy) is 2. The molecule has 2 amide bonds. The van der Waals surface area contributed by atoms with E-state index in [-0.39, 0.29) is 0 Å². The standard InChI is InChI=1S/C28H26N4O4/c1-35-24-15-13-22(17-25(24)36-2)28(34)30-29-26(33)16-14-23-19-32(18-20-9-5-3-6-10-20)31-27(23)21-11-7-4-8-12-21/h3-17,19H,18H2,1-2H3,(H,29,33)(H,30,34)/b16-14+. The van der Waals surface area contributed by atoms with E-state index in [1.165, 1.54) is 26.4 Å². The first-order valence-electron chi connectivity index (χ1n) is 11.2. The summed E-state index contributed by atoms with van der Waals surface area (Å²) in [7, 11) is 3.00. The monoisotopic (exact) mass is 482 g/mol. The number of nitrogens with one attached hydrogen (secondary N) is 2. The molecule has 0 bridgehead atoms. The van der Waals surface area contributed by atoms with Crippen LogP contribution in [0.2, 0.25) is 0 Å². The molecule has 3 aromatic carbocycles. The number of hydrogen-bond donors (Lipinski definition) is 2. The zero-order valence-electron chi connectivity index (χ0n) is 20.0. The Bertz CT molecular complexity index is 1370. The summed E-state index contributed by atoms with van der Waals surface area (Å²) in [4.78, 5) is 24.9. The fourth-order valence-corrected chi connectivity index (χ4v) is 3.61. The van der Waals surface area contributed by atoms with Gasteiger partial charge >= 0.3 is 0 Å². The molecule has 8 nitrogen and oxygen atoms in total. The van der Waals surface area contributed by atoms with Crippen LogP contribution in [0, 0.1) is 0 Å². The minimum Gasteiger partial charge on any atom is -0.493 e. The Morgan fingerprint density at radius 3 is 2.28 bits per heavy atom. The minimum atomic E-state index is -0.488. The third-order valence-corrected chi connectivity index (χ3v) is 5.38. The molecule has 4 rings (SSSR count). The highest BCUT2D eigenvalue weighted by Gasteiger charge is 2.12. The lowest BCUT2D eigenvalue weighted by Crippen LogP contribution is -2.40. The Morgan fingerprint density at radius 1 is 0.889 bits per heavy atom. The van der Waals surface area contributed by atoms with Gasteiger partial charge in [0.25, 0.3) is 11.8 Å². The number of rotatable bonds is 8. The van der Waals surface area contributed by atoms with Gasteiger partial charge in [0.1, 0.15) is 0 Å². The van der Waals surface area contributed by atoms with Crippen molar-refractivity contribution >= 4 is 17.9 Å². The second-order valence-electron chi connectivity index (χ2n) is 7.83. The highest BCUT2D eigenvalue weighted by Crippen LogP contribution is 2.27. The normalized spacial score (nSPS) is 10.7. The first-order valence-corrected chi connectivity index (χ1v) is 11.2. The van der Waals surface area contributed by atoms with Crippen LogP contribution >= 0.6 is 0 Å². The van der Waals surface area contributed by atoms with Crippen molar-refractivity contribution in [1.82, 2.24) is 20.6 Å². The lowest BCUT2D eigenvalue weighted by Gasteiger charge is -2.10. The van der Waals surface area contributed by atoms with Crippen LogP contribution < -0.4 is 20.3 Å². The largest absolute Gasteiger partial charge is 0.493 e. The molecule has 0 fully saturated rings. The maximum Gasteiger partial charge on any atom is 0.269 e. The summed E-state index contributed by atoms with van der Waals surface area (Å²) in [6, 6.07) is 24.5. The second kappa shape index (κ2) is 11.5. The molecule has 0 unspecified atom stereocenters. The average molecular weight is 483 g/mol. The Labute approximate surface area is 209 Å². The van der Waals surface area contributed by atoms with Gasteiger partial charge in [-0.2, -0.15) is 5.10 Å². The van der Waals surface area contributed by atoms with E-state index in [0.717, 1.165) is 22.4 Å². The second-order valence-corrected chi connectivity index (χ2v) is 7.83. The molecule has 0 aliphatic heterocycles. The molecular weight excluding hydrogens is 456 g/mol. The minimum absolute atomic E-state index is 0.311. The number of hydrogen-bond acceptors (Lipinski definition) is 5. The number of methoxy groups -OCH3 is 2. The smallest absolute Gasteiger partial charge is 0.269 e. The summed E-state index contributed by atoms with van der Waals surface area (Å²) >= 11 is 0. The van der Waals surface area contributed by atoms with Crippen molar-refractivity contribution in [2.45, 2.75) is 6.54 Å². The Morgan fingerprint density at radius 2 is 1.58 bits per heavy atom. The van der Waals surface area contributed by atoms with Crippen LogP contribution in [-0.2, 0) is 11.3 Å². The summed E-state index contributed by atoms with van der Waals surface area (Å²) in [5, 5.41) is 4.74. The Balaban J connectivity index is 1.46. The van der Waals surface area contributed by atoms with Crippen molar-refractivity contribution < 1.29 is 19.1 Å². The van der Waals surface area contributed by atoms with Crippen LogP contribution in [0.4, 0.5) is 0 Å². The van der Waals surface area contributed by atoms with Gasteiger partial charge in [-0.25, -0.2) is 0 Å². The fraction of sp³-hybridized carbons (Fsp3) is 0.107. The van der Waals surface area contributed by atoms with Crippen LogP contribution in [0.25, 0.3) is 17.3 Å². The maximum absolute atomic E-state index is 12.4. The van der Waals surface area contributed by atoms with Crippen LogP contribution in [0.1, 0.15) is 21.5 Å². The molecule has 0 saturated heterocycles. The summed E-state index contributed by atoms with van der Waals surface area (Å²) in [5.41, 5.74) is 8.69. The topological polar surface area (TPSA) is 94.5 Å². The van der Waals surface area contributed by atoms with Crippen LogP contribution in [0.5, 0.6) is 11.5 Å². The SMILES string of the molecule is COc1ccc(C(=O)NNC(=O)/C=C/c2cn(Cc3ccccc3)nc2-c2ccccc2)cc1OC. The van der Waals surface area contributed by atoms with E-state index in [4.69, 9.17) is 14.6 Å². The quantitative estimate of drug-likeness (QED) is 0.291. The van der Waals surface area contributed by atoms with Gasteiger partial charge in [0.05, 0.1) is 26.5 Å². The molecule has 36 heavy (non-hydrogen) atoms.